The molecule has 1 aliphatic heterocycles. The van der Waals surface area contributed by atoms with Crippen molar-refractivity contribution in [2.45, 2.75) is 20.8 Å². The highest BCUT2D eigenvalue weighted by Gasteiger charge is 2.15. The van der Waals surface area contributed by atoms with Crippen LogP contribution in [0.4, 0.5) is 28.8 Å². The number of para-hydroxylation sites is 2. The van der Waals surface area contributed by atoms with Gasteiger partial charge >= 0.3 is 0 Å². The van der Waals surface area contributed by atoms with E-state index in [1.807, 2.05) is 25.1 Å². The molecule has 0 atom stereocenters. The molecule has 150 valence electrons. The monoisotopic (exact) mass is 389 g/mol. The van der Waals surface area contributed by atoms with Crippen LogP contribution in [0.25, 0.3) is 0 Å². The van der Waals surface area contributed by atoms with Crippen LogP contribution in [-0.2, 0) is 4.74 Å². The van der Waals surface area contributed by atoms with Gasteiger partial charge in [0.2, 0.25) is 5.95 Å². The number of nitrogens with one attached hydrogen (secondary N) is 2. The molecular formula is C23H27N5O. The second-order valence-electron chi connectivity index (χ2n) is 7.33. The van der Waals surface area contributed by atoms with Gasteiger partial charge in [0.05, 0.1) is 24.6 Å². The van der Waals surface area contributed by atoms with Gasteiger partial charge in [-0.1, -0.05) is 24.3 Å². The van der Waals surface area contributed by atoms with Crippen LogP contribution in [-0.4, -0.2) is 36.3 Å². The third-order valence-electron chi connectivity index (χ3n) is 5.22. The standard InChI is InChI=1S/C23H27N5O/c1-16-7-6-9-19(18(16)3)26-23-24-17(2)15-22(27-23)25-20-8-4-5-10-21(20)28-11-13-29-14-12-28/h4-10,15H,11-14H2,1-3H3,(H2,24,25,26,27). The number of aryl methyl sites for hydroxylation is 2. The van der Waals surface area contributed by atoms with Crippen LogP contribution >= 0.6 is 0 Å². The van der Waals surface area contributed by atoms with Crippen molar-refractivity contribution < 1.29 is 4.74 Å². The van der Waals surface area contributed by atoms with Gasteiger partial charge in [0, 0.05) is 30.5 Å². The van der Waals surface area contributed by atoms with Crippen molar-refractivity contribution in [2.24, 2.45) is 0 Å². The minimum atomic E-state index is 0.588. The molecule has 0 unspecified atom stereocenters. The summed E-state index contributed by atoms with van der Waals surface area (Å²) in [5, 5.41) is 6.86. The molecule has 1 aromatic heterocycles. The first-order valence-electron chi connectivity index (χ1n) is 9.98. The number of rotatable bonds is 5. The van der Waals surface area contributed by atoms with Crippen molar-refractivity contribution >= 4 is 28.8 Å². The van der Waals surface area contributed by atoms with E-state index in [-0.39, 0.29) is 0 Å². The van der Waals surface area contributed by atoms with Gasteiger partial charge in [-0.15, -0.1) is 0 Å². The minimum absolute atomic E-state index is 0.588. The van der Waals surface area contributed by atoms with Crippen molar-refractivity contribution in [3.63, 3.8) is 0 Å². The molecule has 6 nitrogen and oxygen atoms in total. The zero-order chi connectivity index (χ0) is 20.2. The fraction of sp³-hybridized carbons (Fsp3) is 0.304. The molecule has 2 heterocycles. The van der Waals surface area contributed by atoms with Gasteiger partial charge in [0.1, 0.15) is 5.82 Å². The molecule has 0 spiro atoms. The van der Waals surface area contributed by atoms with Crippen molar-refractivity contribution in [1.29, 1.82) is 0 Å². The Hall–Kier alpha value is -3.12. The van der Waals surface area contributed by atoms with Gasteiger partial charge in [0.25, 0.3) is 0 Å². The predicted octanol–water partition coefficient (Wildman–Crippen LogP) is 4.73. The topological polar surface area (TPSA) is 62.3 Å². The van der Waals surface area contributed by atoms with Crippen LogP contribution in [0.15, 0.2) is 48.5 Å². The molecule has 3 aromatic rings. The van der Waals surface area contributed by atoms with Crippen LogP contribution in [0.1, 0.15) is 16.8 Å². The quantitative estimate of drug-likeness (QED) is 0.658. The Labute approximate surface area is 172 Å². The van der Waals surface area contributed by atoms with Crippen molar-refractivity contribution in [3.05, 3.63) is 65.4 Å². The van der Waals surface area contributed by atoms with Crippen LogP contribution in [0.5, 0.6) is 0 Å². The number of aromatic nitrogens is 2. The lowest BCUT2D eigenvalue weighted by atomic mass is 10.1. The molecule has 0 amide bonds. The summed E-state index contributed by atoms with van der Waals surface area (Å²) in [6.07, 6.45) is 0. The highest BCUT2D eigenvalue weighted by Crippen LogP contribution is 2.29. The van der Waals surface area contributed by atoms with Crippen molar-refractivity contribution in [3.8, 4) is 0 Å². The summed E-state index contributed by atoms with van der Waals surface area (Å²) in [4.78, 5) is 11.6. The first kappa shape index (κ1) is 19.2. The van der Waals surface area contributed by atoms with E-state index in [1.165, 1.54) is 11.1 Å². The lowest BCUT2D eigenvalue weighted by Gasteiger charge is -2.30. The minimum Gasteiger partial charge on any atom is -0.378 e. The van der Waals surface area contributed by atoms with Crippen LogP contribution in [0.3, 0.4) is 0 Å². The number of morpholine rings is 1. The number of anilines is 5. The van der Waals surface area contributed by atoms with Crippen LogP contribution in [0, 0.1) is 20.8 Å². The summed E-state index contributed by atoms with van der Waals surface area (Å²) in [5.41, 5.74) is 6.56. The Kier molecular flexibility index (Phi) is 5.62. The Morgan fingerprint density at radius 1 is 0.862 bits per heavy atom. The Balaban J connectivity index is 1.60. The van der Waals surface area contributed by atoms with E-state index < -0.39 is 0 Å². The summed E-state index contributed by atoms with van der Waals surface area (Å²) >= 11 is 0. The number of hydrogen-bond donors (Lipinski definition) is 2. The average molecular weight is 390 g/mol. The van der Waals surface area contributed by atoms with E-state index in [0.29, 0.717) is 5.95 Å². The van der Waals surface area contributed by atoms with E-state index in [9.17, 15) is 0 Å². The summed E-state index contributed by atoms with van der Waals surface area (Å²) < 4.78 is 5.49. The first-order valence-corrected chi connectivity index (χ1v) is 9.98. The van der Waals surface area contributed by atoms with Crippen LogP contribution < -0.4 is 15.5 Å². The van der Waals surface area contributed by atoms with Gasteiger partial charge < -0.3 is 20.3 Å². The zero-order valence-corrected chi connectivity index (χ0v) is 17.2. The lowest BCUT2D eigenvalue weighted by Crippen LogP contribution is -2.36. The number of hydrogen-bond acceptors (Lipinski definition) is 6. The molecule has 1 saturated heterocycles. The van der Waals surface area contributed by atoms with Crippen molar-refractivity contribution in [2.75, 3.05) is 41.8 Å². The van der Waals surface area contributed by atoms with Gasteiger partial charge in [0.15, 0.2) is 0 Å². The highest BCUT2D eigenvalue weighted by atomic mass is 16.5. The molecular weight excluding hydrogens is 362 g/mol. The Bertz CT molecular complexity index is 998. The summed E-state index contributed by atoms with van der Waals surface area (Å²) in [5.74, 6) is 1.36. The smallest absolute Gasteiger partial charge is 0.229 e. The highest BCUT2D eigenvalue weighted by molar-refractivity contribution is 5.75. The molecule has 0 radical (unpaired) electrons. The van der Waals surface area contributed by atoms with E-state index in [2.05, 4.69) is 64.7 Å². The lowest BCUT2D eigenvalue weighted by molar-refractivity contribution is 0.123. The number of nitrogens with zero attached hydrogens (tertiary/aromatic N) is 3. The molecule has 2 aromatic carbocycles. The molecule has 1 aliphatic rings. The summed E-state index contributed by atoms with van der Waals surface area (Å²) in [7, 11) is 0. The molecule has 0 saturated carbocycles. The Morgan fingerprint density at radius 3 is 2.45 bits per heavy atom. The van der Waals surface area contributed by atoms with Crippen molar-refractivity contribution in [1.82, 2.24) is 9.97 Å². The fourth-order valence-electron chi connectivity index (χ4n) is 3.49. The predicted molar refractivity (Wildman–Crippen MR) is 119 cm³/mol. The zero-order valence-electron chi connectivity index (χ0n) is 17.2. The molecule has 2 N–H and O–H groups in total. The first-order chi connectivity index (χ1) is 14.1. The average Bonchev–Trinajstić information content (AvgIpc) is 2.72. The third-order valence-corrected chi connectivity index (χ3v) is 5.22. The normalized spacial score (nSPS) is 14.0. The van der Waals surface area contributed by atoms with E-state index in [0.717, 1.165) is 54.9 Å². The second kappa shape index (κ2) is 8.49. The number of benzene rings is 2. The molecule has 1 fully saturated rings. The van der Waals surface area contributed by atoms with E-state index in [1.54, 1.807) is 0 Å². The van der Waals surface area contributed by atoms with E-state index in [4.69, 9.17) is 9.72 Å². The van der Waals surface area contributed by atoms with Gasteiger partial charge in [-0.2, -0.15) is 4.98 Å². The molecule has 0 bridgehead atoms. The van der Waals surface area contributed by atoms with Gasteiger partial charge in [-0.05, 0) is 50.1 Å². The Morgan fingerprint density at radius 2 is 1.62 bits per heavy atom. The third kappa shape index (κ3) is 4.49. The summed E-state index contributed by atoms with van der Waals surface area (Å²) in [6.45, 7) is 9.48. The van der Waals surface area contributed by atoms with Crippen LogP contribution in [0.2, 0.25) is 0 Å². The maximum atomic E-state index is 5.49. The second-order valence-corrected chi connectivity index (χ2v) is 7.33. The molecule has 4 rings (SSSR count). The fourth-order valence-corrected chi connectivity index (χ4v) is 3.49. The SMILES string of the molecule is Cc1cc(Nc2ccccc2N2CCOCC2)nc(Nc2cccc(C)c2C)n1. The molecule has 6 heteroatoms. The maximum absolute atomic E-state index is 5.49. The van der Waals surface area contributed by atoms with E-state index >= 15 is 0 Å². The molecule has 29 heavy (non-hydrogen) atoms. The largest absolute Gasteiger partial charge is 0.378 e. The molecule has 0 aliphatic carbocycles. The van der Waals surface area contributed by atoms with Gasteiger partial charge in [-0.3, -0.25) is 0 Å². The number of ether oxygens (including phenoxy) is 1. The summed E-state index contributed by atoms with van der Waals surface area (Å²) in [6, 6.07) is 16.5. The maximum Gasteiger partial charge on any atom is 0.229 e. The van der Waals surface area contributed by atoms with Gasteiger partial charge in [-0.25, -0.2) is 4.98 Å².